The van der Waals surface area contributed by atoms with Crippen molar-refractivity contribution in [3.63, 3.8) is 0 Å². The van der Waals surface area contributed by atoms with Gasteiger partial charge in [0.25, 0.3) is 5.88 Å². The first-order valence-corrected chi connectivity index (χ1v) is 8.38. The zero-order valence-electron chi connectivity index (χ0n) is 15.0. The third-order valence-corrected chi connectivity index (χ3v) is 4.31. The zero-order valence-corrected chi connectivity index (χ0v) is 15.0. The summed E-state index contributed by atoms with van der Waals surface area (Å²) in [5.74, 6) is -0.361. The van der Waals surface area contributed by atoms with E-state index in [1.807, 2.05) is 20.8 Å². The van der Waals surface area contributed by atoms with Crippen LogP contribution >= 0.6 is 0 Å². The van der Waals surface area contributed by atoms with Crippen molar-refractivity contribution in [2.45, 2.75) is 51.3 Å². The lowest BCUT2D eigenvalue weighted by molar-refractivity contribution is 0.117. The second kappa shape index (κ2) is 5.43. The van der Waals surface area contributed by atoms with Crippen LogP contribution in [0.15, 0.2) is 24.7 Å². The maximum absolute atomic E-state index is 14.3. The van der Waals surface area contributed by atoms with Crippen LogP contribution in [-0.2, 0) is 0 Å². The largest absolute Gasteiger partial charge is 0.470 e. The number of nitrogens with zero attached hydrogens (tertiary/aromatic N) is 5. The summed E-state index contributed by atoms with van der Waals surface area (Å²) in [5, 5.41) is 8.11. The number of fused-ring (bicyclic) bond motifs is 1. The van der Waals surface area contributed by atoms with Gasteiger partial charge in [0.15, 0.2) is 11.5 Å². The summed E-state index contributed by atoms with van der Waals surface area (Å²) < 4.78 is 35.6. The molecule has 6 nitrogen and oxygen atoms in total. The second-order valence-electron chi connectivity index (χ2n) is 7.82. The van der Waals surface area contributed by atoms with Crippen molar-refractivity contribution >= 4 is 5.65 Å². The van der Waals surface area contributed by atoms with Gasteiger partial charge in [0.2, 0.25) is 0 Å². The normalized spacial score (nSPS) is 22.6. The fourth-order valence-corrected chi connectivity index (χ4v) is 2.84. The molecule has 0 amide bonds. The lowest BCUT2D eigenvalue weighted by atomic mass is 10.2. The van der Waals surface area contributed by atoms with E-state index in [0.717, 1.165) is 0 Å². The van der Waals surface area contributed by atoms with Crippen LogP contribution in [0.25, 0.3) is 16.9 Å². The summed E-state index contributed by atoms with van der Waals surface area (Å²) >= 11 is 0. The fourth-order valence-electron chi connectivity index (χ4n) is 2.84. The van der Waals surface area contributed by atoms with Crippen LogP contribution in [0.3, 0.4) is 0 Å². The molecule has 0 N–H and O–H groups in total. The summed E-state index contributed by atoms with van der Waals surface area (Å²) in [4.78, 5) is 8.35. The molecule has 0 radical (unpaired) electrons. The Balaban J connectivity index is 1.71. The highest BCUT2D eigenvalue weighted by atomic mass is 19.1. The number of pyridine rings is 1. The minimum Gasteiger partial charge on any atom is -0.470 e. The molecule has 1 saturated carbocycles. The Morgan fingerprint density at radius 1 is 1.23 bits per heavy atom. The highest BCUT2D eigenvalue weighted by molar-refractivity contribution is 5.59. The Kier molecular flexibility index (Phi) is 3.51. The average Bonchev–Trinajstić information content (AvgIpc) is 3.00. The Morgan fingerprint density at radius 3 is 2.58 bits per heavy atom. The maximum Gasteiger partial charge on any atom is 0.250 e. The van der Waals surface area contributed by atoms with E-state index in [4.69, 9.17) is 4.74 Å². The topological polar surface area (TPSA) is 65.2 Å². The van der Waals surface area contributed by atoms with E-state index in [1.54, 1.807) is 17.5 Å². The van der Waals surface area contributed by atoms with Crippen LogP contribution in [0, 0.1) is 5.82 Å². The molecule has 26 heavy (non-hydrogen) atoms. The lowest BCUT2D eigenvalue weighted by Gasteiger charge is -2.20. The first kappa shape index (κ1) is 16.8. The van der Waals surface area contributed by atoms with E-state index < -0.39 is 17.1 Å². The number of halogens is 2. The Morgan fingerprint density at radius 2 is 1.96 bits per heavy atom. The second-order valence-corrected chi connectivity index (χ2v) is 7.82. The van der Waals surface area contributed by atoms with Gasteiger partial charge in [0.1, 0.15) is 17.1 Å². The van der Waals surface area contributed by atoms with E-state index in [2.05, 4.69) is 20.2 Å². The molecule has 0 bridgehead atoms. The molecule has 1 aliphatic carbocycles. The molecule has 4 rings (SSSR count). The molecule has 136 valence electrons. The molecule has 2 atom stereocenters. The number of ether oxygens (including phenoxy) is 1. The van der Waals surface area contributed by atoms with Crippen LogP contribution < -0.4 is 4.74 Å². The molecule has 1 aliphatic rings. The molecule has 3 aromatic rings. The van der Waals surface area contributed by atoms with Gasteiger partial charge in [-0.05, 0) is 40.2 Å². The van der Waals surface area contributed by atoms with Gasteiger partial charge in [0, 0.05) is 18.0 Å². The molecule has 0 aliphatic heterocycles. The van der Waals surface area contributed by atoms with Crippen LogP contribution in [0.5, 0.6) is 5.88 Å². The first-order chi connectivity index (χ1) is 12.1. The zero-order chi connectivity index (χ0) is 18.7. The van der Waals surface area contributed by atoms with Gasteiger partial charge in [-0.3, -0.25) is 9.38 Å². The van der Waals surface area contributed by atoms with Gasteiger partial charge in [0.05, 0.1) is 17.8 Å². The predicted molar refractivity (Wildman–Crippen MR) is 91.2 cm³/mol. The summed E-state index contributed by atoms with van der Waals surface area (Å²) in [6.45, 7) is 7.01. The standard InChI is InChI=1S/C18H19F2N5O/c1-17(2,3)26-16-12(19)5-10(7-22-16)13-9-25-14(8-21-13)23-24-15(25)11-6-18(11,4)20/h5,7-9,11H,6H2,1-4H3/t11-,18?/m0/s1. The summed E-state index contributed by atoms with van der Waals surface area (Å²) in [6.07, 6.45) is 5.13. The number of alkyl halides is 1. The molecule has 3 aromatic heterocycles. The highest BCUT2D eigenvalue weighted by Crippen LogP contribution is 2.53. The van der Waals surface area contributed by atoms with Gasteiger partial charge in [-0.25, -0.2) is 13.8 Å². The van der Waals surface area contributed by atoms with Crippen LogP contribution in [-0.4, -0.2) is 35.8 Å². The minimum atomic E-state index is -1.26. The predicted octanol–water partition coefficient (Wildman–Crippen LogP) is 3.72. The van der Waals surface area contributed by atoms with Crippen LogP contribution in [0.4, 0.5) is 8.78 Å². The monoisotopic (exact) mass is 359 g/mol. The SMILES string of the molecule is CC(C)(C)Oc1ncc(-c2cn3c([C@@H]4CC4(C)F)nnc3cn2)cc1F. The smallest absolute Gasteiger partial charge is 0.250 e. The van der Waals surface area contributed by atoms with Gasteiger partial charge in [-0.1, -0.05) is 0 Å². The fraction of sp³-hybridized carbons (Fsp3) is 0.444. The highest BCUT2D eigenvalue weighted by Gasteiger charge is 2.54. The van der Waals surface area contributed by atoms with Crippen molar-refractivity contribution in [2.24, 2.45) is 0 Å². The van der Waals surface area contributed by atoms with Crippen LogP contribution in [0.2, 0.25) is 0 Å². The Hall–Kier alpha value is -2.64. The third kappa shape index (κ3) is 3.00. The molecule has 3 heterocycles. The lowest BCUT2D eigenvalue weighted by Crippen LogP contribution is -2.24. The molecule has 1 unspecified atom stereocenters. The van der Waals surface area contributed by atoms with Crippen LogP contribution in [0.1, 0.15) is 45.9 Å². The third-order valence-electron chi connectivity index (χ3n) is 4.31. The Labute approximate surface area is 149 Å². The maximum atomic E-state index is 14.3. The first-order valence-electron chi connectivity index (χ1n) is 8.38. The number of hydrogen-bond acceptors (Lipinski definition) is 5. The van der Waals surface area contributed by atoms with Crippen molar-refractivity contribution in [1.82, 2.24) is 24.6 Å². The van der Waals surface area contributed by atoms with Gasteiger partial charge >= 0.3 is 0 Å². The number of rotatable bonds is 3. The van der Waals surface area contributed by atoms with Gasteiger partial charge < -0.3 is 4.74 Å². The molecule has 0 aromatic carbocycles. The van der Waals surface area contributed by atoms with E-state index in [-0.39, 0.29) is 11.8 Å². The molecule has 0 spiro atoms. The summed E-state index contributed by atoms with van der Waals surface area (Å²) in [6, 6.07) is 1.32. The average molecular weight is 359 g/mol. The Bertz CT molecular complexity index is 993. The van der Waals surface area contributed by atoms with E-state index >= 15 is 0 Å². The van der Waals surface area contributed by atoms with Crippen molar-refractivity contribution in [1.29, 1.82) is 0 Å². The van der Waals surface area contributed by atoms with E-state index in [0.29, 0.717) is 29.1 Å². The van der Waals surface area contributed by atoms with Crippen molar-refractivity contribution in [3.8, 4) is 17.1 Å². The van der Waals surface area contributed by atoms with Crippen molar-refractivity contribution < 1.29 is 13.5 Å². The number of hydrogen-bond donors (Lipinski definition) is 0. The molecular formula is C18H19F2N5O. The summed E-state index contributed by atoms with van der Waals surface area (Å²) in [7, 11) is 0. The molecule has 8 heteroatoms. The van der Waals surface area contributed by atoms with E-state index in [9.17, 15) is 8.78 Å². The van der Waals surface area contributed by atoms with Gasteiger partial charge in [-0.15, -0.1) is 10.2 Å². The van der Waals surface area contributed by atoms with Crippen molar-refractivity contribution in [2.75, 3.05) is 0 Å². The molecule has 1 fully saturated rings. The quantitative estimate of drug-likeness (QED) is 0.713. The van der Waals surface area contributed by atoms with Gasteiger partial charge in [-0.2, -0.15) is 0 Å². The molecular weight excluding hydrogens is 340 g/mol. The molecule has 0 saturated heterocycles. The van der Waals surface area contributed by atoms with Crippen molar-refractivity contribution in [3.05, 3.63) is 36.3 Å². The van der Waals surface area contributed by atoms with E-state index in [1.165, 1.54) is 18.5 Å². The summed E-state index contributed by atoms with van der Waals surface area (Å²) in [5.41, 5.74) is -0.302. The number of aromatic nitrogens is 5. The minimum absolute atomic E-state index is 0.0570.